The number of ether oxygens (including phenoxy) is 2. The van der Waals surface area contributed by atoms with Gasteiger partial charge in [-0.15, -0.1) is 0 Å². The SMILES string of the molecule is COc1cc(C(=O)N2CCN(C(=O)OC(C)(C)C)CC2)c(F)cc1N. The van der Waals surface area contributed by atoms with Crippen LogP contribution in [0.3, 0.4) is 0 Å². The van der Waals surface area contributed by atoms with Gasteiger partial charge in [0.15, 0.2) is 0 Å². The first-order valence-corrected chi connectivity index (χ1v) is 8.02. The lowest BCUT2D eigenvalue weighted by atomic mass is 10.1. The number of hydrogen-bond acceptors (Lipinski definition) is 5. The summed E-state index contributed by atoms with van der Waals surface area (Å²) >= 11 is 0. The molecule has 1 aromatic carbocycles. The fourth-order valence-electron chi connectivity index (χ4n) is 2.50. The first-order valence-electron chi connectivity index (χ1n) is 8.02. The number of benzene rings is 1. The Morgan fingerprint density at radius 1 is 1.12 bits per heavy atom. The van der Waals surface area contributed by atoms with Crippen molar-refractivity contribution in [3.63, 3.8) is 0 Å². The van der Waals surface area contributed by atoms with Crippen LogP contribution < -0.4 is 10.5 Å². The van der Waals surface area contributed by atoms with Crippen LogP contribution in [0, 0.1) is 5.82 Å². The van der Waals surface area contributed by atoms with Gasteiger partial charge < -0.3 is 25.0 Å². The highest BCUT2D eigenvalue weighted by Crippen LogP contribution is 2.26. The topological polar surface area (TPSA) is 85.1 Å². The van der Waals surface area contributed by atoms with E-state index in [0.717, 1.165) is 6.07 Å². The zero-order chi connectivity index (χ0) is 18.8. The van der Waals surface area contributed by atoms with E-state index in [1.165, 1.54) is 23.0 Å². The Kier molecular flexibility index (Phi) is 5.39. The Hall–Kier alpha value is -2.51. The molecule has 0 atom stereocenters. The van der Waals surface area contributed by atoms with Crippen LogP contribution in [0.5, 0.6) is 5.75 Å². The highest BCUT2D eigenvalue weighted by atomic mass is 19.1. The summed E-state index contributed by atoms with van der Waals surface area (Å²) < 4.78 is 24.4. The molecular weight excluding hydrogens is 329 g/mol. The van der Waals surface area contributed by atoms with Gasteiger partial charge in [0, 0.05) is 32.2 Å². The van der Waals surface area contributed by atoms with Crippen molar-refractivity contribution in [3.05, 3.63) is 23.5 Å². The number of rotatable bonds is 2. The average molecular weight is 353 g/mol. The van der Waals surface area contributed by atoms with Gasteiger partial charge >= 0.3 is 6.09 Å². The van der Waals surface area contributed by atoms with E-state index in [0.29, 0.717) is 26.2 Å². The number of methoxy groups -OCH3 is 1. The third-order valence-electron chi connectivity index (χ3n) is 3.77. The second-order valence-corrected chi connectivity index (χ2v) is 6.83. The zero-order valence-corrected chi connectivity index (χ0v) is 15.0. The Balaban J connectivity index is 2.03. The van der Waals surface area contributed by atoms with Crippen LogP contribution in [0.1, 0.15) is 31.1 Å². The Bertz CT molecular complexity index is 665. The molecule has 1 aliphatic rings. The molecule has 7 nitrogen and oxygen atoms in total. The fourth-order valence-corrected chi connectivity index (χ4v) is 2.50. The predicted octanol–water partition coefficient (Wildman–Crippen LogP) is 2.11. The molecule has 0 aromatic heterocycles. The van der Waals surface area contributed by atoms with Gasteiger partial charge in [-0.25, -0.2) is 9.18 Å². The van der Waals surface area contributed by atoms with Gasteiger partial charge in [0.25, 0.3) is 5.91 Å². The van der Waals surface area contributed by atoms with Gasteiger partial charge in [-0.2, -0.15) is 0 Å². The van der Waals surface area contributed by atoms with Gasteiger partial charge in [0.1, 0.15) is 17.2 Å². The van der Waals surface area contributed by atoms with E-state index >= 15 is 0 Å². The normalized spacial score (nSPS) is 15.1. The molecule has 138 valence electrons. The Morgan fingerprint density at radius 2 is 1.68 bits per heavy atom. The number of amides is 2. The van der Waals surface area contributed by atoms with E-state index in [4.69, 9.17) is 15.2 Å². The van der Waals surface area contributed by atoms with Crippen molar-refractivity contribution in [1.29, 1.82) is 0 Å². The molecule has 2 N–H and O–H groups in total. The average Bonchev–Trinajstić information content (AvgIpc) is 2.53. The van der Waals surface area contributed by atoms with Crippen molar-refractivity contribution in [2.45, 2.75) is 26.4 Å². The van der Waals surface area contributed by atoms with E-state index in [9.17, 15) is 14.0 Å². The van der Waals surface area contributed by atoms with Gasteiger partial charge in [-0.05, 0) is 26.8 Å². The zero-order valence-electron chi connectivity index (χ0n) is 15.0. The lowest BCUT2D eigenvalue weighted by Crippen LogP contribution is -2.51. The molecular formula is C17H24FN3O4. The third-order valence-corrected chi connectivity index (χ3v) is 3.77. The van der Waals surface area contributed by atoms with Crippen molar-refractivity contribution in [2.75, 3.05) is 39.0 Å². The van der Waals surface area contributed by atoms with E-state index in [1.807, 2.05) is 0 Å². The summed E-state index contributed by atoms with van der Waals surface area (Å²) in [7, 11) is 1.40. The van der Waals surface area contributed by atoms with E-state index in [2.05, 4.69) is 0 Å². The van der Waals surface area contributed by atoms with Crippen molar-refractivity contribution >= 4 is 17.7 Å². The highest BCUT2D eigenvalue weighted by molar-refractivity contribution is 5.95. The van der Waals surface area contributed by atoms with Crippen LogP contribution in [0.2, 0.25) is 0 Å². The fraction of sp³-hybridized carbons (Fsp3) is 0.529. The molecule has 1 aromatic rings. The van der Waals surface area contributed by atoms with Crippen LogP contribution in [0.4, 0.5) is 14.9 Å². The summed E-state index contributed by atoms with van der Waals surface area (Å²) in [6.07, 6.45) is -0.417. The second kappa shape index (κ2) is 7.16. The molecule has 1 saturated heterocycles. The minimum absolute atomic E-state index is 0.100. The number of carbonyl (C=O) groups excluding carboxylic acids is 2. The van der Waals surface area contributed by atoms with Crippen molar-refractivity contribution < 1.29 is 23.5 Å². The van der Waals surface area contributed by atoms with Gasteiger partial charge in [-0.1, -0.05) is 0 Å². The Morgan fingerprint density at radius 3 is 2.20 bits per heavy atom. The number of anilines is 1. The number of halogens is 1. The van der Waals surface area contributed by atoms with Crippen molar-refractivity contribution in [1.82, 2.24) is 9.80 Å². The van der Waals surface area contributed by atoms with Crippen LogP contribution in [0.15, 0.2) is 12.1 Å². The van der Waals surface area contributed by atoms with Crippen LogP contribution in [-0.4, -0.2) is 60.7 Å². The largest absolute Gasteiger partial charge is 0.495 e. The molecule has 0 spiro atoms. The van der Waals surface area contributed by atoms with Crippen LogP contribution in [0.25, 0.3) is 0 Å². The number of nitrogen functional groups attached to an aromatic ring is 1. The van der Waals surface area contributed by atoms with Crippen LogP contribution >= 0.6 is 0 Å². The minimum Gasteiger partial charge on any atom is -0.495 e. The first-order chi connectivity index (χ1) is 11.6. The molecule has 1 fully saturated rings. The molecule has 25 heavy (non-hydrogen) atoms. The molecule has 1 aliphatic heterocycles. The third kappa shape index (κ3) is 4.52. The maximum Gasteiger partial charge on any atom is 0.410 e. The quantitative estimate of drug-likeness (QED) is 0.823. The predicted molar refractivity (Wildman–Crippen MR) is 91.1 cm³/mol. The number of nitrogens with two attached hydrogens (primary N) is 1. The van der Waals surface area contributed by atoms with Gasteiger partial charge in [-0.3, -0.25) is 4.79 Å². The monoisotopic (exact) mass is 353 g/mol. The number of piperazine rings is 1. The van der Waals surface area contributed by atoms with E-state index in [1.54, 1.807) is 20.8 Å². The molecule has 0 aliphatic carbocycles. The summed E-state index contributed by atoms with van der Waals surface area (Å²) in [6, 6.07) is 2.37. The molecule has 0 saturated carbocycles. The standard InChI is InChI=1S/C17H24FN3O4/c1-17(2,3)25-16(23)21-7-5-20(6-8-21)15(22)11-9-14(24-4)13(19)10-12(11)18/h9-10H,5-8,19H2,1-4H3. The summed E-state index contributed by atoms with van der Waals surface area (Å²) in [5, 5.41) is 0. The van der Waals surface area contributed by atoms with E-state index < -0.39 is 23.4 Å². The smallest absolute Gasteiger partial charge is 0.410 e. The van der Waals surface area contributed by atoms with Crippen molar-refractivity contribution in [2.24, 2.45) is 0 Å². The molecule has 0 bridgehead atoms. The number of hydrogen-bond donors (Lipinski definition) is 1. The van der Waals surface area contributed by atoms with Gasteiger partial charge in [0.2, 0.25) is 0 Å². The first kappa shape index (κ1) is 18.8. The number of carbonyl (C=O) groups is 2. The Labute approximate surface area is 146 Å². The van der Waals surface area contributed by atoms with Crippen LogP contribution in [-0.2, 0) is 4.74 Å². The summed E-state index contributed by atoms with van der Waals surface area (Å²) in [5.41, 5.74) is 5.09. The molecule has 8 heteroatoms. The summed E-state index contributed by atoms with van der Waals surface area (Å²) in [4.78, 5) is 27.6. The molecule has 1 heterocycles. The molecule has 2 amide bonds. The summed E-state index contributed by atoms with van der Waals surface area (Å²) in [6.45, 7) is 6.63. The molecule has 2 rings (SSSR count). The number of nitrogens with zero attached hydrogens (tertiary/aromatic N) is 2. The van der Waals surface area contributed by atoms with Gasteiger partial charge in [0.05, 0.1) is 18.4 Å². The summed E-state index contributed by atoms with van der Waals surface area (Å²) in [5.74, 6) is -0.908. The molecule has 0 unspecified atom stereocenters. The second-order valence-electron chi connectivity index (χ2n) is 6.83. The lowest BCUT2D eigenvalue weighted by molar-refractivity contribution is 0.0140. The minimum atomic E-state index is -0.696. The lowest BCUT2D eigenvalue weighted by Gasteiger charge is -2.35. The maximum atomic E-state index is 14.1. The van der Waals surface area contributed by atoms with E-state index in [-0.39, 0.29) is 17.0 Å². The highest BCUT2D eigenvalue weighted by Gasteiger charge is 2.29. The van der Waals surface area contributed by atoms with Crippen molar-refractivity contribution in [3.8, 4) is 5.75 Å². The molecule has 0 radical (unpaired) electrons. The maximum absolute atomic E-state index is 14.1.